The van der Waals surface area contributed by atoms with E-state index >= 15 is 0 Å². The van der Waals surface area contributed by atoms with Crippen molar-refractivity contribution in [1.29, 1.82) is 0 Å². The Morgan fingerprint density at radius 1 is 1.33 bits per heavy atom. The first-order valence-corrected chi connectivity index (χ1v) is 7.66. The van der Waals surface area contributed by atoms with E-state index in [1.807, 2.05) is 6.92 Å². The largest absolute Gasteiger partial charge is 0.375 e. The number of benzene rings is 1. The van der Waals surface area contributed by atoms with Gasteiger partial charge in [0.15, 0.2) is 0 Å². The number of amides is 2. The number of carbonyl (C=O) groups excluding carboxylic acids is 2. The molecule has 24 heavy (non-hydrogen) atoms. The second kappa shape index (κ2) is 6.81. The zero-order valence-electron chi connectivity index (χ0n) is 13.2. The van der Waals surface area contributed by atoms with E-state index in [0.29, 0.717) is 18.8 Å². The van der Waals surface area contributed by atoms with E-state index in [9.17, 15) is 9.59 Å². The molecule has 2 aromatic rings. The Balaban J connectivity index is 1.67. The van der Waals surface area contributed by atoms with E-state index in [0.717, 1.165) is 5.69 Å². The molecule has 1 aromatic heterocycles. The Bertz CT molecular complexity index is 740. The molecule has 1 aliphatic rings. The number of ether oxygens (including phenoxy) is 1. The third-order valence-electron chi connectivity index (χ3n) is 3.84. The summed E-state index contributed by atoms with van der Waals surface area (Å²) in [6.07, 6.45) is 1.48. The summed E-state index contributed by atoms with van der Waals surface area (Å²) >= 11 is 0. The molecule has 0 radical (unpaired) electrons. The van der Waals surface area contributed by atoms with Crippen LogP contribution in [0.4, 0.5) is 5.69 Å². The molecule has 2 atom stereocenters. The van der Waals surface area contributed by atoms with Crippen LogP contribution in [0.1, 0.15) is 17.4 Å². The molecule has 4 N–H and O–H groups in total. The van der Waals surface area contributed by atoms with E-state index in [1.165, 1.54) is 0 Å². The van der Waals surface area contributed by atoms with Gasteiger partial charge in [-0.2, -0.15) is 5.10 Å². The quantitative estimate of drug-likeness (QED) is 0.746. The number of nitrogens with zero attached hydrogens (tertiary/aromatic N) is 2. The highest BCUT2D eigenvalue weighted by Crippen LogP contribution is 2.14. The first-order chi connectivity index (χ1) is 11.5. The van der Waals surface area contributed by atoms with Crippen molar-refractivity contribution in [3.8, 4) is 5.69 Å². The first-order valence-electron chi connectivity index (χ1n) is 7.66. The molecule has 0 spiro atoms. The summed E-state index contributed by atoms with van der Waals surface area (Å²) in [4.78, 5) is 23.4. The van der Waals surface area contributed by atoms with Gasteiger partial charge in [-0.05, 0) is 37.3 Å². The number of aromatic nitrogens is 2. The molecule has 0 saturated carbocycles. The lowest BCUT2D eigenvalue weighted by molar-refractivity contribution is -0.123. The minimum atomic E-state index is -0.575. The monoisotopic (exact) mass is 329 g/mol. The molecule has 1 aliphatic heterocycles. The molecule has 0 unspecified atom stereocenters. The summed E-state index contributed by atoms with van der Waals surface area (Å²) in [6.45, 7) is 3.13. The number of hydrogen-bond acceptors (Lipinski definition) is 5. The van der Waals surface area contributed by atoms with Gasteiger partial charge >= 0.3 is 0 Å². The highest BCUT2D eigenvalue weighted by atomic mass is 16.5. The van der Waals surface area contributed by atoms with Gasteiger partial charge in [0.1, 0.15) is 11.7 Å². The van der Waals surface area contributed by atoms with Crippen LogP contribution >= 0.6 is 0 Å². The third kappa shape index (κ3) is 3.44. The molecule has 0 aliphatic carbocycles. The fraction of sp³-hybridized carbons (Fsp3) is 0.312. The molecule has 126 valence electrons. The molecule has 0 bridgehead atoms. The van der Waals surface area contributed by atoms with Crippen LogP contribution < -0.4 is 16.4 Å². The molecule has 8 nitrogen and oxygen atoms in total. The normalized spacial score (nSPS) is 20.5. The van der Waals surface area contributed by atoms with Gasteiger partial charge in [-0.15, -0.1) is 0 Å². The van der Waals surface area contributed by atoms with E-state index in [2.05, 4.69) is 15.7 Å². The lowest BCUT2D eigenvalue weighted by Gasteiger charge is -2.29. The Labute approximate surface area is 139 Å². The highest BCUT2D eigenvalue weighted by Gasteiger charge is 2.28. The summed E-state index contributed by atoms with van der Waals surface area (Å²) in [6, 6.07) is 8.31. The van der Waals surface area contributed by atoms with E-state index in [1.54, 1.807) is 41.2 Å². The molecular weight excluding hydrogens is 310 g/mol. The van der Waals surface area contributed by atoms with Gasteiger partial charge in [0, 0.05) is 18.4 Å². The molecule has 1 aromatic carbocycles. The predicted molar refractivity (Wildman–Crippen MR) is 87.9 cm³/mol. The van der Waals surface area contributed by atoms with E-state index in [4.69, 9.17) is 10.5 Å². The summed E-state index contributed by atoms with van der Waals surface area (Å²) in [5.74, 6) is -0.709. The Hall–Kier alpha value is -2.71. The number of anilines is 1. The maximum Gasteiger partial charge on any atom is 0.269 e. The van der Waals surface area contributed by atoms with E-state index in [-0.39, 0.29) is 23.7 Å². The van der Waals surface area contributed by atoms with Crippen LogP contribution in [0.5, 0.6) is 0 Å². The van der Waals surface area contributed by atoms with Crippen molar-refractivity contribution >= 4 is 17.5 Å². The van der Waals surface area contributed by atoms with Crippen LogP contribution in [0.15, 0.2) is 36.5 Å². The average Bonchev–Trinajstić information content (AvgIpc) is 3.06. The molecular formula is C16H19N5O3. The lowest BCUT2D eigenvalue weighted by Crippen LogP contribution is -2.53. The first kappa shape index (κ1) is 16.2. The van der Waals surface area contributed by atoms with Crippen LogP contribution in [-0.2, 0) is 9.53 Å². The summed E-state index contributed by atoms with van der Waals surface area (Å²) in [7, 11) is 0. The summed E-state index contributed by atoms with van der Waals surface area (Å²) < 4.78 is 7.02. The fourth-order valence-electron chi connectivity index (χ4n) is 2.54. The predicted octanol–water partition coefficient (Wildman–Crippen LogP) is 0.287. The highest BCUT2D eigenvalue weighted by molar-refractivity contribution is 5.95. The third-order valence-corrected chi connectivity index (χ3v) is 3.84. The zero-order valence-corrected chi connectivity index (χ0v) is 13.2. The smallest absolute Gasteiger partial charge is 0.269 e. The van der Waals surface area contributed by atoms with Crippen LogP contribution in [0.2, 0.25) is 0 Å². The standard InChI is InChI=1S/C16H19N5O3/c1-10-14(18-7-9-24-10)16(23)19-11-2-4-12(5-3-11)21-8-6-13(20-21)15(17)22/h2-6,8,10,14,18H,7,9H2,1H3,(H2,17,22)(H,19,23)/t10-,14+/m1/s1. The van der Waals surface area contributed by atoms with Gasteiger partial charge < -0.3 is 21.1 Å². The van der Waals surface area contributed by atoms with Crippen LogP contribution in [-0.4, -0.2) is 46.9 Å². The zero-order chi connectivity index (χ0) is 17.1. The maximum atomic E-state index is 12.3. The summed E-state index contributed by atoms with van der Waals surface area (Å²) in [5.41, 5.74) is 6.82. The van der Waals surface area contributed by atoms with Crippen molar-refractivity contribution in [1.82, 2.24) is 15.1 Å². The molecule has 2 amide bonds. The molecule has 8 heteroatoms. The van der Waals surface area contributed by atoms with Gasteiger partial charge in [0.05, 0.1) is 18.4 Å². The van der Waals surface area contributed by atoms with Gasteiger partial charge in [0.2, 0.25) is 5.91 Å². The number of hydrogen-bond donors (Lipinski definition) is 3. The van der Waals surface area contributed by atoms with Crippen molar-refractivity contribution < 1.29 is 14.3 Å². The minimum Gasteiger partial charge on any atom is -0.375 e. The summed E-state index contributed by atoms with van der Waals surface area (Å²) in [5, 5.41) is 10.1. The van der Waals surface area contributed by atoms with Gasteiger partial charge in [0.25, 0.3) is 5.91 Å². The van der Waals surface area contributed by atoms with Crippen LogP contribution in [0.25, 0.3) is 5.69 Å². The number of carbonyl (C=O) groups is 2. The maximum absolute atomic E-state index is 12.3. The van der Waals surface area contributed by atoms with Crippen LogP contribution in [0, 0.1) is 0 Å². The van der Waals surface area contributed by atoms with Crippen LogP contribution in [0.3, 0.4) is 0 Å². The molecule has 2 heterocycles. The number of nitrogens with one attached hydrogen (secondary N) is 2. The Morgan fingerprint density at radius 3 is 2.71 bits per heavy atom. The lowest BCUT2D eigenvalue weighted by atomic mass is 10.1. The molecule has 1 saturated heterocycles. The molecule has 3 rings (SSSR count). The van der Waals surface area contributed by atoms with Gasteiger partial charge in [-0.25, -0.2) is 4.68 Å². The van der Waals surface area contributed by atoms with Crippen molar-refractivity contribution in [2.24, 2.45) is 5.73 Å². The topological polar surface area (TPSA) is 111 Å². The second-order valence-electron chi connectivity index (χ2n) is 5.55. The fourth-order valence-corrected chi connectivity index (χ4v) is 2.54. The average molecular weight is 329 g/mol. The van der Waals surface area contributed by atoms with Crippen molar-refractivity contribution in [3.05, 3.63) is 42.2 Å². The minimum absolute atomic E-state index is 0.134. The second-order valence-corrected chi connectivity index (χ2v) is 5.55. The number of nitrogens with two attached hydrogens (primary N) is 1. The van der Waals surface area contributed by atoms with Crippen molar-refractivity contribution in [3.63, 3.8) is 0 Å². The number of rotatable bonds is 4. The van der Waals surface area contributed by atoms with Crippen molar-refractivity contribution in [2.45, 2.75) is 19.1 Å². The van der Waals surface area contributed by atoms with E-state index < -0.39 is 5.91 Å². The SMILES string of the molecule is C[C@H]1OCCN[C@@H]1C(=O)Nc1ccc(-n2ccc(C(N)=O)n2)cc1. The Morgan fingerprint density at radius 2 is 2.08 bits per heavy atom. The number of primary amides is 1. The Kier molecular flexibility index (Phi) is 4.59. The van der Waals surface area contributed by atoms with Gasteiger partial charge in [-0.1, -0.05) is 0 Å². The molecule has 1 fully saturated rings. The van der Waals surface area contributed by atoms with Crippen molar-refractivity contribution in [2.75, 3.05) is 18.5 Å². The number of morpholine rings is 1. The van der Waals surface area contributed by atoms with Gasteiger partial charge in [-0.3, -0.25) is 9.59 Å².